The molecule has 162 valence electrons. The number of hydrogen-bond acceptors (Lipinski definition) is 5. The average molecular weight is 531 g/mol. The average Bonchev–Trinajstić information content (AvgIpc) is 3.11. The fourth-order valence-electron chi connectivity index (χ4n) is 3.24. The second-order valence-corrected chi connectivity index (χ2v) is 9.33. The zero-order chi connectivity index (χ0) is 22.8. The van der Waals surface area contributed by atoms with E-state index >= 15 is 0 Å². The highest BCUT2D eigenvalue weighted by Gasteiger charge is 2.24. The molecule has 0 saturated carbocycles. The van der Waals surface area contributed by atoms with Crippen molar-refractivity contribution in [2.75, 3.05) is 17.2 Å². The molecule has 9 heteroatoms. The van der Waals surface area contributed by atoms with Gasteiger partial charge in [0.25, 0.3) is 5.91 Å². The lowest BCUT2D eigenvalue weighted by Gasteiger charge is -2.22. The van der Waals surface area contributed by atoms with Crippen LogP contribution in [0.2, 0.25) is 5.02 Å². The van der Waals surface area contributed by atoms with Gasteiger partial charge in [-0.05, 0) is 48.5 Å². The van der Waals surface area contributed by atoms with E-state index in [0.717, 1.165) is 15.7 Å². The van der Waals surface area contributed by atoms with Gasteiger partial charge in [0.2, 0.25) is 0 Å². The summed E-state index contributed by atoms with van der Waals surface area (Å²) in [5.74, 6) is -1.35. The summed E-state index contributed by atoms with van der Waals surface area (Å²) in [5, 5.41) is 10.5. The molecule has 4 aromatic rings. The van der Waals surface area contributed by atoms with Crippen molar-refractivity contribution < 1.29 is 14.7 Å². The number of aliphatic carboxylic acids is 1. The van der Waals surface area contributed by atoms with Gasteiger partial charge in [0.15, 0.2) is 0 Å². The lowest BCUT2D eigenvalue weighted by atomic mass is 10.1. The van der Waals surface area contributed by atoms with Gasteiger partial charge in [-0.2, -0.15) is 0 Å². The van der Waals surface area contributed by atoms with Crippen molar-refractivity contribution in [3.63, 3.8) is 0 Å². The molecule has 2 aromatic carbocycles. The van der Waals surface area contributed by atoms with Crippen LogP contribution in [-0.4, -0.2) is 28.5 Å². The minimum absolute atomic E-state index is 0.0208. The third-order valence-corrected chi connectivity index (χ3v) is 6.74. The van der Waals surface area contributed by atoms with Crippen LogP contribution in [0.1, 0.15) is 16.1 Å². The number of pyridine rings is 1. The monoisotopic (exact) mass is 529 g/mol. The highest BCUT2D eigenvalue weighted by Crippen LogP contribution is 2.36. The quantitative estimate of drug-likeness (QED) is 0.315. The van der Waals surface area contributed by atoms with Crippen LogP contribution in [0.15, 0.2) is 65.1 Å². The molecule has 4 rings (SSSR count). The van der Waals surface area contributed by atoms with Crippen molar-refractivity contribution in [1.82, 2.24) is 4.98 Å². The number of carboxylic acids is 1. The Morgan fingerprint density at radius 3 is 2.41 bits per heavy atom. The summed E-state index contributed by atoms with van der Waals surface area (Å²) in [4.78, 5) is 31.7. The van der Waals surface area contributed by atoms with Crippen molar-refractivity contribution in [2.24, 2.45) is 0 Å². The number of carbonyl (C=O) groups excluding carboxylic acids is 1. The van der Waals surface area contributed by atoms with Gasteiger partial charge in [-0.1, -0.05) is 39.7 Å². The number of nitrogen functional groups attached to an aromatic ring is 1. The number of benzene rings is 2. The molecule has 0 spiro atoms. The Hall–Kier alpha value is -2.94. The number of carbonyl (C=O) groups is 2. The molecule has 0 radical (unpaired) electrons. The molecule has 0 aliphatic heterocycles. The van der Waals surface area contributed by atoms with Gasteiger partial charge < -0.3 is 15.7 Å². The van der Waals surface area contributed by atoms with E-state index in [0.29, 0.717) is 31.5 Å². The zero-order valence-electron chi connectivity index (χ0n) is 16.6. The van der Waals surface area contributed by atoms with Gasteiger partial charge in [-0.15, -0.1) is 11.3 Å². The lowest BCUT2D eigenvalue weighted by Crippen LogP contribution is -2.32. The maximum absolute atomic E-state index is 13.4. The predicted octanol–water partition coefficient (Wildman–Crippen LogP) is 6.08. The Morgan fingerprint density at radius 2 is 1.75 bits per heavy atom. The number of aromatic nitrogens is 1. The van der Waals surface area contributed by atoms with Gasteiger partial charge in [-0.25, -0.2) is 4.98 Å². The number of fused-ring (bicyclic) bond motifs is 1. The van der Waals surface area contributed by atoms with Crippen LogP contribution in [0, 0.1) is 0 Å². The van der Waals surface area contributed by atoms with E-state index in [1.54, 1.807) is 36.4 Å². The topological polar surface area (TPSA) is 96.5 Å². The van der Waals surface area contributed by atoms with E-state index in [1.165, 1.54) is 16.2 Å². The van der Waals surface area contributed by atoms with Gasteiger partial charge >= 0.3 is 5.97 Å². The minimum atomic E-state index is -0.988. The van der Waals surface area contributed by atoms with Crippen LogP contribution >= 0.6 is 38.9 Å². The van der Waals surface area contributed by atoms with Gasteiger partial charge in [-0.3, -0.25) is 9.59 Å². The molecule has 0 aliphatic rings. The molecule has 6 nitrogen and oxygen atoms in total. The number of amides is 1. The van der Waals surface area contributed by atoms with Crippen molar-refractivity contribution in [2.45, 2.75) is 6.42 Å². The third kappa shape index (κ3) is 4.62. The summed E-state index contributed by atoms with van der Waals surface area (Å²) >= 11 is 10.5. The molecular weight excluding hydrogens is 514 g/mol. The minimum Gasteiger partial charge on any atom is -0.481 e. The summed E-state index contributed by atoms with van der Waals surface area (Å²) < 4.78 is 0.854. The van der Waals surface area contributed by atoms with E-state index in [-0.39, 0.29) is 18.9 Å². The first-order chi connectivity index (χ1) is 15.3. The fraction of sp³-hybridized carbons (Fsp3) is 0.0870. The summed E-state index contributed by atoms with van der Waals surface area (Å²) in [6.45, 7) is 0.0208. The summed E-state index contributed by atoms with van der Waals surface area (Å²) in [5.41, 5.74) is 8.89. The molecule has 2 aromatic heterocycles. The van der Waals surface area contributed by atoms with Crippen LogP contribution in [0.25, 0.3) is 21.5 Å². The van der Waals surface area contributed by atoms with Crippen molar-refractivity contribution in [3.8, 4) is 11.3 Å². The summed E-state index contributed by atoms with van der Waals surface area (Å²) in [6, 6.07) is 18.1. The zero-order valence-corrected chi connectivity index (χ0v) is 19.7. The maximum atomic E-state index is 13.4. The Balaban J connectivity index is 1.73. The fourth-order valence-corrected chi connectivity index (χ4v) is 4.67. The number of rotatable bonds is 6. The summed E-state index contributed by atoms with van der Waals surface area (Å²) in [6.07, 6.45) is -0.189. The number of nitrogens with zero attached hydrogens (tertiary/aromatic N) is 2. The van der Waals surface area contributed by atoms with Crippen LogP contribution < -0.4 is 10.6 Å². The lowest BCUT2D eigenvalue weighted by molar-refractivity contribution is -0.136. The Kier molecular flexibility index (Phi) is 6.45. The molecule has 32 heavy (non-hydrogen) atoms. The molecular formula is C23H17BrClN3O3S. The van der Waals surface area contributed by atoms with Crippen LogP contribution in [-0.2, 0) is 4.79 Å². The smallest absolute Gasteiger partial charge is 0.305 e. The molecule has 0 unspecified atom stereocenters. The number of anilines is 2. The Morgan fingerprint density at radius 1 is 1.06 bits per heavy atom. The van der Waals surface area contributed by atoms with Crippen molar-refractivity contribution >= 4 is 72.3 Å². The molecule has 0 atom stereocenters. The first-order valence-corrected chi connectivity index (χ1v) is 11.6. The predicted molar refractivity (Wildman–Crippen MR) is 133 cm³/mol. The Bertz CT molecular complexity index is 1310. The van der Waals surface area contributed by atoms with Crippen molar-refractivity contribution in [1.29, 1.82) is 0 Å². The van der Waals surface area contributed by atoms with E-state index in [9.17, 15) is 9.59 Å². The maximum Gasteiger partial charge on any atom is 0.305 e. The van der Waals surface area contributed by atoms with Gasteiger partial charge in [0, 0.05) is 32.7 Å². The number of nitrogens with two attached hydrogens (primary N) is 1. The van der Waals surface area contributed by atoms with E-state index in [1.807, 2.05) is 24.3 Å². The van der Waals surface area contributed by atoms with E-state index in [2.05, 4.69) is 20.9 Å². The van der Waals surface area contributed by atoms with Crippen LogP contribution in [0.5, 0.6) is 0 Å². The van der Waals surface area contributed by atoms with E-state index in [4.69, 9.17) is 22.4 Å². The first kappa shape index (κ1) is 22.3. The number of halogens is 2. The second kappa shape index (κ2) is 9.28. The number of thiophene rings is 1. The molecule has 3 N–H and O–H groups in total. The largest absolute Gasteiger partial charge is 0.481 e. The number of hydrogen-bond donors (Lipinski definition) is 2. The molecule has 0 saturated heterocycles. The summed E-state index contributed by atoms with van der Waals surface area (Å²) in [7, 11) is 0. The second-order valence-electron chi connectivity index (χ2n) is 6.98. The van der Waals surface area contributed by atoms with Gasteiger partial charge in [0.05, 0.1) is 17.8 Å². The Labute approximate surface area is 201 Å². The highest BCUT2D eigenvalue weighted by atomic mass is 79.9. The SMILES string of the molecule is Nc1c(C(=O)N(CCC(=O)O)c2ccc(Br)cc2)sc2nc(-c3ccc(Cl)cc3)ccc12. The van der Waals surface area contributed by atoms with Crippen LogP contribution in [0.3, 0.4) is 0 Å². The van der Waals surface area contributed by atoms with Crippen molar-refractivity contribution in [3.05, 3.63) is 75.0 Å². The van der Waals surface area contributed by atoms with Crippen LogP contribution in [0.4, 0.5) is 11.4 Å². The molecule has 0 fully saturated rings. The molecule has 0 aliphatic carbocycles. The standard InChI is InChI=1S/C23H17BrClN3O3S/c24-14-3-7-16(8-4-14)28(12-11-19(29)30)23(31)21-20(26)17-9-10-18(27-22(17)32-21)13-1-5-15(25)6-2-13/h1-10H,11-12,26H2,(H,29,30). The molecule has 2 heterocycles. The highest BCUT2D eigenvalue weighted by molar-refractivity contribution is 9.10. The third-order valence-electron chi connectivity index (χ3n) is 4.86. The molecule has 0 bridgehead atoms. The van der Waals surface area contributed by atoms with E-state index < -0.39 is 5.97 Å². The van der Waals surface area contributed by atoms with Gasteiger partial charge in [0.1, 0.15) is 9.71 Å². The number of carboxylic acid groups (broad SMARTS) is 1. The normalized spacial score (nSPS) is 10.9. The molecule has 1 amide bonds. The first-order valence-electron chi connectivity index (χ1n) is 9.57.